The standard InChI is InChI=1S/C21H39O/c1-3-4-5-6-7-8-9-10-11-12-13-14-15-16-17-18-19-20-21-22-2/h18-21H,2-17H2,1H3. The first-order chi connectivity index (χ1) is 10.9. The van der Waals surface area contributed by atoms with E-state index in [1.807, 2.05) is 12.2 Å². The van der Waals surface area contributed by atoms with Crippen molar-refractivity contribution in [1.82, 2.24) is 0 Å². The van der Waals surface area contributed by atoms with Crippen LogP contribution in [0.5, 0.6) is 0 Å². The smallest absolute Gasteiger partial charge is 0.121 e. The van der Waals surface area contributed by atoms with Gasteiger partial charge in [0.05, 0.1) is 6.26 Å². The number of unbranched alkanes of at least 4 members (excludes halogenated alkanes) is 14. The van der Waals surface area contributed by atoms with Crippen molar-refractivity contribution in [2.75, 3.05) is 0 Å². The first kappa shape index (κ1) is 21.3. The normalized spacial score (nSPS) is 11.7. The molecule has 0 spiro atoms. The van der Waals surface area contributed by atoms with Gasteiger partial charge in [0.15, 0.2) is 0 Å². The third-order valence-corrected chi connectivity index (χ3v) is 4.15. The van der Waals surface area contributed by atoms with Crippen molar-refractivity contribution in [3.63, 3.8) is 0 Å². The molecule has 1 heteroatoms. The molecule has 0 N–H and O–H groups in total. The van der Waals surface area contributed by atoms with Crippen molar-refractivity contribution in [1.29, 1.82) is 0 Å². The first-order valence-electron chi connectivity index (χ1n) is 9.64. The third-order valence-electron chi connectivity index (χ3n) is 4.15. The van der Waals surface area contributed by atoms with Crippen LogP contribution in [0.1, 0.15) is 103 Å². The van der Waals surface area contributed by atoms with Crippen LogP contribution in [0.2, 0.25) is 0 Å². The predicted octanol–water partition coefficient (Wildman–Crippen LogP) is 7.74. The fraction of sp³-hybridized carbons (Fsp3) is 0.762. The Morgan fingerprint density at radius 2 is 1.09 bits per heavy atom. The second kappa shape index (κ2) is 20.3. The molecule has 0 atom stereocenters. The molecule has 129 valence electrons. The lowest BCUT2D eigenvalue weighted by Crippen LogP contribution is -1.83. The second-order valence-electron chi connectivity index (χ2n) is 6.31. The van der Waals surface area contributed by atoms with Gasteiger partial charge in [-0.25, -0.2) is 0 Å². The minimum absolute atomic E-state index is 1.18. The maximum atomic E-state index is 4.59. The molecule has 1 nitrogen and oxygen atoms in total. The Labute approximate surface area is 140 Å². The van der Waals surface area contributed by atoms with Gasteiger partial charge in [-0.05, 0) is 18.9 Å². The highest BCUT2D eigenvalue weighted by atomic mass is 16.5. The molecule has 0 saturated heterocycles. The monoisotopic (exact) mass is 307 g/mol. The van der Waals surface area contributed by atoms with Crippen molar-refractivity contribution >= 4 is 0 Å². The van der Waals surface area contributed by atoms with Gasteiger partial charge in [-0.2, -0.15) is 0 Å². The first-order valence-corrected chi connectivity index (χ1v) is 9.64. The van der Waals surface area contributed by atoms with Crippen molar-refractivity contribution in [2.24, 2.45) is 0 Å². The molecule has 0 aliphatic rings. The lowest BCUT2D eigenvalue weighted by Gasteiger charge is -2.02. The minimum Gasteiger partial charge on any atom is -0.498 e. The summed E-state index contributed by atoms with van der Waals surface area (Å²) < 4.78 is 4.59. The average molecular weight is 308 g/mol. The predicted molar refractivity (Wildman–Crippen MR) is 99.7 cm³/mol. The van der Waals surface area contributed by atoms with Crippen LogP contribution in [0.25, 0.3) is 0 Å². The summed E-state index contributed by atoms with van der Waals surface area (Å²) in [6.07, 6.45) is 28.8. The van der Waals surface area contributed by atoms with E-state index in [1.165, 1.54) is 96.3 Å². The molecule has 0 heterocycles. The van der Waals surface area contributed by atoms with Crippen LogP contribution in [0.15, 0.2) is 24.5 Å². The van der Waals surface area contributed by atoms with E-state index >= 15 is 0 Å². The summed E-state index contributed by atoms with van der Waals surface area (Å²) in [5, 5.41) is 0. The molecule has 0 aliphatic heterocycles. The molecule has 22 heavy (non-hydrogen) atoms. The quantitative estimate of drug-likeness (QED) is 0.152. The Kier molecular flexibility index (Phi) is 19.6. The highest BCUT2D eigenvalue weighted by Crippen LogP contribution is 2.13. The highest BCUT2D eigenvalue weighted by molar-refractivity contribution is 4.99. The fourth-order valence-electron chi connectivity index (χ4n) is 2.73. The fourth-order valence-corrected chi connectivity index (χ4v) is 2.73. The summed E-state index contributed by atoms with van der Waals surface area (Å²) in [4.78, 5) is 0. The summed E-state index contributed by atoms with van der Waals surface area (Å²) in [7, 11) is 3.28. The number of hydrogen-bond donors (Lipinski definition) is 0. The Bertz CT molecular complexity index is 242. The van der Waals surface area contributed by atoms with Gasteiger partial charge in [-0.3, -0.25) is 0 Å². The Hall–Kier alpha value is -0.720. The van der Waals surface area contributed by atoms with E-state index < -0.39 is 0 Å². The maximum absolute atomic E-state index is 4.59. The van der Waals surface area contributed by atoms with Crippen LogP contribution in [0, 0.1) is 7.11 Å². The van der Waals surface area contributed by atoms with Crippen LogP contribution in [-0.2, 0) is 4.74 Å². The summed E-state index contributed by atoms with van der Waals surface area (Å²) >= 11 is 0. The molecule has 0 fully saturated rings. The van der Waals surface area contributed by atoms with Crippen molar-refractivity contribution < 1.29 is 4.74 Å². The molecule has 0 rings (SSSR count). The zero-order valence-corrected chi connectivity index (χ0v) is 15.0. The Morgan fingerprint density at radius 3 is 1.55 bits per heavy atom. The van der Waals surface area contributed by atoms with Crippen LogP contribution >= 0.6 is 0 Å². The SMILES string of the molecule is [CH2]OC=CC=CCCCCCCCCCCCCCCCC. The number of rotatable bonds is 17. The Balaban J connectivity index is 3.02. The second-order valence-corrected chi connectivity index (χ2v) is 6.31. The van der Waals surface area contributed by atoms with Crippen molar-refractivity contribution in [2.45, 2.75) is 103 Å². The van der Waals surface area contributed by atoms with Gasteiger partial charge in [0.25, 0.3) is 0 Å². The molecule has 0 aliphatic carbocycles. The molecular weight excluding hydrogens is 268 g/mol. The number of allylic oxidation sites excluding steroid dienone is 3. The van der Waals surface area contributed by atoms with Crippen molar-refractivity contribution in [3.8, 4) is 0 Å². The largest absolute Gasteiger partial charge is 0.498 e. The van der Waals surface area contributed by atoms with E-state index in [0.717, 1.165) is 0 Å². The van der Waals surface area contributed by atoms with E-state index in [0.29, 0.717) is 0 Å². The average Bonchev–Trinajstić information content (AvgIpc) is 2.54. The molecule has 0 bridgehead atoms. The minimum atomic E-state index is 1.18. The van der Waals surface area contributed by atoms with Gasteiger partial charge < -0.3 is 4.74 Å². The van der Waals surface area contributed by atoms with Gasteiger partial charge in [-0.15, -0.1) is 0 Å². The zero-order chi connectivity index (χ0) is 16.1. The summed E-state index contributed by atoms with van der Waals surface area (Å²) in [6, 6.07) is 0. The van der Waals surface area contributed by atoms with Gasteiger partial charge in [0.2, 0.25) is 0 Å². The third kappa shape index (κ3) is 19.3. The number of ether oxygens (including phenoxy) is 1. The van der Waals surface area contributed by atoms with Crippen LogP contribution < -0.4 is 0 Å². The van der Waals surface area contributed by atoms with Gasteiger partial charge in [-0.1, -0.05) is 103 Å². The van der Waals surface area contributed by atoms with E-state index in [9.17, 15) is 0 Å². The van der Waals surface area contributed by atoms with Gasteiger partial charge in [0.1, 0.15) is 7.11 Å². The van der Waals surface area contributed by atoms with Crippen molar-refractivity contribution in [3.05, 3.63) is 31.6 Å². The van der Waals surface area contributed by atoms with Gasteiger partial charge >= 0.3 is 0 Å². The molecule has 0 aromatic carbocycles. The highest BCUT2D eigenvalue weighted by Gasteiger charge is 1.93. The molecule has 0 aromatic heterocycles. The van der Waals surface area contributed by atoms with E-state index in [-0.39, 0.29) is 0 Å². The van der Waals surface area contributed by atoms with Crippen LogP contribution in [0.3, 0.4) is 0 Å². The Morgan fingerprint density at radius 1 is 0.636 bits per heavy atom. The van der Waals surface area contributed by atoms with Gasteiger partial charge in [0, 0.05) is 0 Å². The summed E-state index contributed by atoms with van der Waals surface area (Å²) in [5.74, 6) is 0. The van der Waals surface area contributed by atoms with Crippen LogP contribution in [-0.4, -0.2) is 0 Å². The van der Waals surface area contributed by atoms with E-state index in [4.69, 9.17) is 0 Å². The lowest BCUT2D eigenvalue weighted by atomic mass is 10.0. The lowest BCUT2D eigenvalue weighted by molar-refractivity contribution is 0.394. The maximum Gasteiger partial charge on any atom is 0.121 e. The van der Waals surface area contributed by atoms with E-state index in [1.54, 1.807) is 6.26 Å². The molecule has 0 saturated carbocycles. The zero-order valence-electron chi connectivity index (χ0n) is 15.0. The summed E-state index contributed by atoms with van der Waals surface area (Å²) in [5.41, 5.74) is 0. The number of hydrogen-bond acceptors (Lipinski definition) is 1. The molecular formula is C21H39O. The summed E-state index contributed by atoms with van der Waals surface area (Å²) in [6.45, 7) is 2.29. The molecule has 1 radical (unpaired) electrons. The topological polar surface area (TPSA) is 9.23 Å². The van der Waals surface area contributed by atoms with E-state index in [2.05, 4.69) is 24.8 Å². The molecule has 0 aromatic rings. The van der Waals surface area contributed by atoms with Crippen LogP contribution in [0.4, 0.5) is 0 Å². The molecule has 0 unspecified atom stereocenters. The molecule has 0 amide bonds.